The Morgan fingerprint density at radius 3 is 2.67 bits per heavy atom. The number of hydrogen-bond acceptors (Lipinski definition) is 4. The third kappa shape index (κ3) is 3.65. The average Bonchev–Trinajstić information content (AvgIpc) is 2.93. The van der Waals surface area contributed by atoms with Crippen LogP contribution in [0.2, 0.25) is 0 Å². The van der Waals surface area contributed by atoms with Gasteiger partial charge in [-0.1, -0.05) is 32.0 Å². The summed E-state index contributed by atoms with van der Waals surface area (Å²) in [5.74, 6) is -0.813. The van der Waals surface area contributed by atoms with E-state index in [9.17, 15) is 4.79 Å². The zero-order valence-corrected chi connectivity index (χ0v) is 10.4. The maximum atomic E-state index is 10.5. The van der Waals surface area contributed by atoms with E-state index in [1.165, 1.54) is 11.0 Å². The number of hydrogen-bond donors (Lipinski definition) is 1. The lowest BCUT2D eigenvalue weighted by molar-refractivity contribution is -0.136. The molecule has 0 unspecified atom stereocenters. The lowest BCUT2D eigenvalue weighted by Crippen LogP contribution is -2.03. The molecule has 0 saturated heterocycles. The fourth-order valence-corrected chi connectivity index (χ4v) is 1.46. The summed E-state index contributed by atoms with van der Waals surface area (Å²) in [6.45, 7) is 4.00. The van der Waals surface area contributed by atoms with Crippen LogP contribution in [0, 0.1) is 0 Å². The molecule has 2 aromatic rings. The summed E-state index contributed by atoms with van der Waals surface area (Å²) in [5, 5.41) is 19.5. The second-order valence-electron chi connectivity index (χ2n) is 3.28. The van der Waals surface area contributed by atoms with Gasteiger partial charge in [0, 0.05) is 6.42 Å². The van der Waals surface area contributed by atoms with Crippen molar-refractivity contribution < 1.29 is 9.90 Å². The molecule has 6 nitrogen and oxygen atoms in total. The van der Waals surface area contributed by atoms with Crippen molar-refractivity contribution >= 4 is 5.97 Å². The number of para-hydroxylation sites is 1. The third-order valence-electron chi connectivity index (χ3n) is 2.20. The standard InChI is InChI=1S/C10H10N4O2.C2H6/c15-10(16)6-5-8-3-1-2-4-9(8)14-7-11-12-13-14;1-2/h1-4,7H,5-6H2,(H,15,16);1-2H3. The van der Waals surface area contributed by atoms with Gasteiger partial charge in [-0.25, -0.2) is 4.68 Å². The topological polar surface area (TPSA) is 80.9 Å². The smallest absolute Gasteiger partial charge is 0.303 e. The lowest BCUT2D eigenvalue weighted by Gasteiger charge is -2.06. The summed E-state index contributed by atoms with van der Waals surface area (Å²) in [6.07, 6.45) is 2.05. The number of aromatic nitrogens is 4. The predicted octanol–water partition coefficient (Wildman–Crippen LogP) is 1.71. The molecular formula is C12H16N4O2. The number of carboxylic acids is 1. The number of rotatable bonds is 4. The van der Waals surface area contributed by atoms with E-state index in [0.29, 0.717) is 6.42 Å². The third-order valence-corrected chi connectivity index (χ3v) is 2.20. The van der Waals surface area contributed by atoms with Gasteiger partial charge in [-0.2, -0.15) is 0 Å². The van der Waals surface area contributed by atoms with Crippen LogP contribution in [0.3, 0.4) is 0 Å². The Kier molecular flexibility index (Phi) is 5.50. The average molecular weight is 248 g/mol. The molecule has 0 saturated carbocycles. The molecule has 0 amide bonds. The summed E-state index contributed by atoms with van der Waals surface area (Å²) in [7, 11) is 0. The number of aliphatic carboxylic acids is 1. The summed E-state index contributed by atoms with van der Waals surface area (Å²) < 4.78 is 1.52. The quantitative estimate of drug-likeness (QED) is 0.890. The van der Waals surface area contributed by atoms with Gasteiger partial charge in [0.05, 0.1) is 5.69 Å². The number of benzene rings is 1. The predicted molar refractivity (Wildman–Crippen MR) is 66.5 cm³/mol. The molecule has 0 fully saturated rings. The molecule has 1 aromatic carbocycles. The van der Waals surface area contributed by atoms with Gasteiger partial charge >= 0.3 is 5.97 Å². The molecule has 0 bridgehead atoms. The van der Waals surface area contributed by atoms with Gasteiger partial charge < -0.3 is 5.11 Å². The van der Waals surface area contributed by atoms with Crippen LogP contribution in [-0.4, -0.2) is 31.3 Å². The van der Waals surface area contributed by atoms with E-state index in [2.05, 4.69) is 15.5 Å². The molecule has 2 rings (SSSR count). The first-order chi connectivity index (χ1) is 8.77. The molecule has 96 valence electrons. The normalized spacial score (nSPS) is 9.44. The summed E-state index contributed by atoms with van der Waals surface area (Å²) in [6, 6.07) is 7.46. The van der Waals surface area contributed by atoms with E-state index in [4.69, 9.17) is 5.11 Å². The largest absolute Gasteiger partial charge is 0.481 e. The van der Waals surface area contributed by atoms with Crippen LogP contribution in [0.15, 0.2) is 30.6 Å². The number of tetrazole rings is 1. The van der Waals surface area contributed by atoms with Gasteiger partial charge in [-0.15, -0.1) is 5.10 Å². The van der Waals surface area contributed by atoms with Gasteiger partial charge in [0.25, 0.3) is 0 Å². The van der Waals surface area contributed by atoms with Crippen LogP contribution in [0.1, 0.15) is 25.8 Å². The monoisotopic (exact) mass is 248 g/mol. The fraction of sp³-hybridized carbons (Fsp3) is 0.333. The second-order valence-corrected chi connectivity index (χ2v) is 3.28. The molecule has 1 N–H and O–H groups in total. The van der Waals surface area contributed by atoms with E-state index in [0.717, 1.165) is 11.3 Å². The SMILES string of the molecule is CC.O=C(O)CCc1ccccc1-n1cnnn1. The molecule has 0 atom stereocenters. The molecule has 0 aliphatic carbocycles. The zero-order chi connectivity index (χ0) is 13.4. The van der Waals surface area contributed by atoms with E-state index in [1.54, 1.807) is 0 Å². The summed E-state index contributed by atoms with van der Waals surface area (Å²) in [5.41, 5.74) is 1.73. The molecule has 18 heavy (non-hydrogen) atoms. The number of aryl methyl sites for hydroxylation is 1. The number of carbonyl (C=O) groups is 1. The first-order valence-corrected chi connectivity index (χ1v) is 5.80. The van der Waals surface area contributed by atoms with Gasteiger partial charge in [0.15, 0.2) is 0 Å². The van der Waals surface area contributed by atoms with Crippen molar-refractivity contribution in [2.75, 3.05) is 0 Å². The zero-order valence-electron chi connectivity index (χ0n) is 10.4. The molecule has 0 radical (unpaired) electrons. The Hall–Kier alpha value is -2.24. The highest BCUT2D eigenvalue weighted by molar-refractivity contribution is 5.67. The van der Waals surface area contributed by atoms with Crippen LogP contribution in [0.25, 0.3) is 5.69 Å². The van der Waals surface area contributed by atoms with Crippen LogP contribution in [-0.2, 0) is 11.2 Å². The molecule has 0 aliphatic rings. The van der Waals surface area contributed by atoms with E-state index < -0.39 is 5.97 Å². The number of nitrogens with zero attached hydrogens (tertiary/aromatic N) is 4. The molecule has 1 heterocycles. The lowest BCUT2D eigenvalue weighted by atomic mass is 10.1. The van der Waals surface area contributed by atoms with Crippen molar-refractivity contribution in [2.24, 2.45) is 0 Å². The van der Waals surface area contributed by atoms with Crippen molar-refractivity contribution in [3.8, 4) is 5.69 Å². The van der Waals surface area contributed by atoms with Crippen LogP contribution in [0.5, 0.6) is 0 Å². The van der Waals surface area contributed by atoms with Crippen molar-refractivity contribution in [1.82, 2.24) is 20.2 Å². The van der Waals surface area contributed by atoms with Crippen molar-refractivity contribution in [3.05, 3.63) is 36.2 Å². The number of carboxylic acid groups (broad SMARTS) is 1. The highest BCUT2D eigenvalue weighted by atomic mass is 16.4. The van der Waals surface area contributed by atoms with Crippen LogP contribution in [0.4, 0.5) is 0 Å². The Bertz CT molecular complexity index is 483. The van der Waals surface area contributed by atoms with Gasteiger partial charge in [0.2, 0.25) is 0 Å². The highest BCUT2D eigenvalue weighted by Gasteiger charge is 2.06. The Morgan fingerprint density at radius 1 is 1.33 bits per heavy atom. The highest BCUT2D eigenvalue weighted by Crippen LogP contribution is 2.14. The van der Waals surface area contributed by atoms with Crippen LogP contribution < -0.4 is 0 Å². The van der Waals surface area contributed by atoms with Crippen molar-refractivity contribution in [2.45, 2.75) is 26.7 Å². The van der Waals surface area contributed by atoms with Gasteiger partial charge in [-0.3, -0.25) is 4.79 Å². The van der Waals surface area contributed by atoms with E-state index in [-0.39, 0.29) is 6.42 Å². The molecule has 0 aliphatic heterocycles. The second kappa shape index (κ2) is 7.16. The Morgan fingerprint density at radius 2 is 2.06 bits per heavy atom. The first-order valence-electron chi connectivity index (χ1n) is 5.80. The molecule has 1 aromatic heterocycles. The van der Waals surface area contributed by atoms with Gasteiger partial charge in [-0.05, 0) is 28.5 Å². The first kappa shape index (κ1) is 13.8. The maximum Gasteiger partial charge on any atom is 0.303 e. The molecule has 6 heteroatoms. The van der Waals surface area contributed by atoms with E-state index >= 15 is 0 Å². The van der Waals surface area contributed by atoms with Crippen LogP contribution >= 0.6 is 0 Å². The minimum absolute atomic E-state index is 0.0964. The maximum absolute atomic E-state index is 10.5. The van der Waals surface area contributed by atoms with Crippen molar-refractivity contribution in [3.63, 3.8) is 0 Å². The molecule has 0 spiro atoms. The van der Waals surface area contributed by atoms with Crippen molar-refractivity contribution in [1.29, 1.82) is 0 Å². The summed E-state index contributed by atoms with van der Waals surface area (Å²) >= 11 is 0. The fourth-order valence-electron chi connectivity index (χ4n) is 1.46. The van der Waals surface area contributed by atoms with E-state index in [1.807, 2.05) is 38.1 Å². The summed E-state index contributed by atoms with van der Waals surface area (Å²) in [4.78, 5) is 10.5. The minimum atomic E-state index is -0.813. The van der Waals surface area contributed by atoms with Gasteiger partial charge in [0.1, 0.15) is 6.33 Å². The minimum Gasteiger partial charge on any atom is -0.481 e. The molecular weight excluding hydrogens is 232 g/mol. The Labute approximate surface area is 105 Å². The Balaban J connectivity index is 0.000000771.